The zero-order valence-corrected chi connectivity index (χ0v) is 24.6. The largest absolute Gasteiger partial charge is 0.479 e. The maximum Gasteiger partial charge on any atom is 0.384 e. The smallest absolute Gasteiger partial charge is 0.384 e. The van der Waals surface area contributed by atoms with Gasteiger partial charge in [-0.2, -0.15) is 0 Å². The third-order valence-corrected chi connectivity index (χ3v) is 6.60. The number of methoxy groups -OCH3 is 2. The highest BCUT2D eigenvalue weighted by Gasteiger charge is 2.68. The van der Waals surface area contributed by atoms with Crippen LogP contribution in [0.3, 0.4) is 0 Å². The van der Waals surface area contributed by atoms with Crippen molar-refractivity contribution >= 4 is 17.9 Å². The van der Waals surface area contributed by atoms with Crippen LogP contribution in [0.5, 0.6) is 0 Å². The van der Waals surface area contributed by atoms with Gasteiger partial charge in [-0.1, -0.05) is 11.6 Å². The molecule has 0 aromatic rings. The summed E-state index contributed by atoms with van der Waals surface area (Å²) in [5.41, 5.74) is -4.13. The molecule has 15 nitrogen and oxygen atoms in total. The second-order valence-electron chi connectivity index (χ2n) is 9.27. The highest BCUT2D eigenvalue weighted by Crippen LogP contribution is 2.44. The number of nitrogens with zero attached hydrogens (tertiary/aromatic N) is 3. The summed E-state index contributed by atoms with van der Waals surface area (Å²) < 4.78 is 36.5. The molecule has 1 heterocycles. The minimum absolute atomic E-state index is 0.0642. The monoisotopic (exact) mass is 603 g/mol. The second kappa shape index (κ2) is 21.8. The molecule has 0 bridgehead atoms. The summed E-state index contributed by atoms with van der Waals surface area (Å²) in [6.45, 7) is 2.71. The number of rotatable bonds is 27. The summed E-state index contributed by atoms with van der Waals surface area (Å²) in [4.78, 5) is 36.7. The Hall–Kier alpha value is -2.87. The quantitative estimate of drug-likeness (QED) is 0.0591. The van der Waals surface area contributed by atoms with Crippen LogP contribution in [0.25, 0.3) is 0 Å². The van der Waals surface area contributed by atoms with Crippen LogP contribution in [-0.2, 0) is 47.5 Å². The summed E-state index contributed by atoms with van der Waals surface area (Å²) in [5, 5.41) is 30.3. The van der Waals surface area contributed by atoms with E-state index in [0.29, 0.717) is 52.1 Å². The van der Waals surface area contributed by atoms with Crippen LogP contribution in [-0.4, -0.2) is 138 Å². The number of carbonyl (C=O) groups excluding carboxylic acids is 1. The number of hydrogen-bond acceptors (Lipinski definition) is 13. The molecule has 0 radical (unpaired) electrons. The lowest BCUT2D eigenvalue weighted by atomic mass is 9.72. The molecule has 1 aliphatic heterocycles. The molecule has 0 aliphatic carbocycles. The van der Waals surface area contributed by atoms with Crippen LogP contribution >= 0.6 is 0 Å². The normalized spacial score (nSPS) is 19.6. The maximum absolute atomic E-state index is 12.9. The third-order valence-electron chi connectivity index (χ3n) is 6.60. The molecule has 2 N–H and O–H groups in total. The fourth-order valence-electron chi connectivity index (χ4n) is 4.34. The minimum atomic E-state index is -2.11. The number of aliphatic carboxylic acids is 2. The Morgan fingerprint density at radius 3 is 1.76 bits per heavy atom. The van der Waals surface area contributed by atoms with Gasteiger partial charge in [0, 0.05) is 52.7 Å². The lowest BCUT2D eigenvalue weighted by Crippen LogP contribution is -2.67. The minimum Gasteiger partial charge on any atom is -0.479 e. The number of carboxylic acid groups (broad SMARTS) is 2. The SMILES string of the molecule is C#CC(=O)OCCCCCCN1N=NC(CCOCCOCCOC)(C(=O)O)C1(CCOCCOCCOC)C(=O)O. The number of ether oxygens (including phenoxy) is 7. The third kappa shape index (κ3) is 11.8. The molecule has 0 spiro atoms. The number of hydrogen-bond donors (Lipinski definition) is 2. The van der Waals surface area contributed by atoms with Crippen molar-refractivity contribution in [2.24, 2.45) is 10.3 Å². The molecule has 0 aromatic heterocycles. The molecular formula is C27H45N3O12. The van der Waals surface area contributed by atoms with Crippen molar-refractivity contribution in [2.45, 2.75) is 49.6 Å². The van der Waals surface area contributed by atoms with Gasteiger partial charge in [-0.15, -0.1) is 11.5 Å². The molecule has 0 saturated carbocycles. The van der Waals surface area contributed by atoms with E-state index in [1.54, 1.807) is 14.2 Å². The molecule has 0 aromatic carbocycles. The first kappa shape index (κ1) is 37.2. The van der Waals surface area contributed by atoms with E-state index in [2.05, 4.69) is 10.3 Å². The van der Waals surface area contributed by atoms with Crippen molar-refractivity contribution in [2.75, 3.05) is 93.4 Å². The molecule has 240 valence electrons. The molecule has 0 amide bonds. The molecule has 15 heteroatoms. The lowest BCUT2D eigenvalue weighted by molar-refractivity contribution is -0.167. The number of unbranched alkanes of at least 4 members (excludes halogenated alkanes) is 3. The van der Waals surface area contributed by atoms with E-state index in [4.69, 9.17) is 39.6 Å². The number of carboxylic acids is 2. The molecule has 1 rings (SSSR count). The zero-order valence-electron chi connectivity index (χ0n) is 24.6. The first-order valence-electron chi connectivity index (χ1n) is 13.9. The molecular weight excluding hydrogens is 558 g/mol. The maximum atomic E-state index is 12.9. The van der Waals surface area contributed by atoms with E-state index < -0.39 is 29.0 Å². The van der Waals surface area contributed by atoms with Crippen LogP contribution in [0.2, 0.25) is 0 Å². The summed E-state index contributed by atoms with van der Waals surface area (Å²) >= 11 is 0. The van der Waals surface area contributed by atoms with Gasteiger partial charge in [0.25, 0.3) is 0 Å². The van der Waals surface area contributed by atoms with Crippen molar-refractivity contribution in [3.8, 4) is 12.3 Å². The molecule has 0 fully saturated rings. The Balaban J connectivity index is 2.89. The van der Waals surface area contributed by atoms with E-state index in [9.17, 15) is 24.6 Å². The fourth-order valence-corrected chi connectivity index (χ4v) is 4.34. The van der Waals surface area contributed by atoms with Gasteiger partial charge in [0.15, 0.2) is 5.54 Å². The van der Waals surface area contributed by atoms with Gasteiger partial charge in [-0.25, -0.2) is 14.4 Å². The van der Waals surface area contributed by atoms with Crippen molar-refractivity contribution in [3.05, 3.63) is 0 Å². The van der Waals surface area contributed by atoms with Crippen LogP contribution < -0.4 is 0 Å². The van der Waals surface area contributed by atoms with E-state index in [-0.39, 0.29) is 65.6 Å². The average Bonchev–Trinajstić information content (AvgIpc) is 3.30. The lowest BCUT2D eigenvalue weighted by Gasteiger charge is -2.41. The molecule has 42 heavy (non-hydrogen) atoms. The number of terminal acetylenes is 1. The summed E-state index contributed by atoms with van der Waals surface area (Å²) in [7, 11) is 3.12. The zero-order chi connectivity index (χ0) is 31.1. The highest BCUT2D eigenvalue weighted by molar-refractivity contribution is 5.93. The van der Waals surface area contributed by atoms with Crippen LogP contribution in [0.15, 0.2) is 10.3 Å². The highest BCUT2D eigenvalue weighted by atomic mass is 16.5. The van der Waals surface area contributed by atoms with Crippen molar-refractivity contribution in [3.63, 3.8) is 0 Å². The van der Waals surface area contributed by atoms with Gasteiger partial charge in [-0.3, -0.25) is 5.01 Å². The van der Waals surface area contributed by atoms with E-state index in [0.717, 1.165) is 0 Å². The fraction of sp³-hybridized carbons (Fsp3) is 0.815. The van der Waals surface area contributed by atoms with Gasteiger partial charge in [-0.05, 0) is 19.3 Å². The van der Waals surface area contributed by atoms with Crippen LogP contribution in [0.1, 0.15) is 38.5 Å². The van der Waals surface area contributed by atoms with E-state index >= 15 is 0 Å². The van der Waals surface area contributed by atoms with Gasteiger partial charge in [0.1, 0.15) is 0 Å². The van der Waals surface area contributed by atoms with Crippen molar-refractivity contribution < 1.29 is 57.8 Å². The average molecular weight is 604 g/mol. The summed E-state index contributed by atoms with van der Waals surface area (Å²) in [6.07, 6.45) is 6.94. The predicted molar refractivity (Wildman–Crippen MR) is 147 cm³/mol. The molecule has 0 saturated heterocycles. The van der Waals surface area contributed by atoms with Crippen molar-refractivity contribution in [1.82, 2.24) is 5.01 Å². The van der Waals surface area contributed by atoms with Gasteiger partial charge in [0.05, 0.1) is 59.5 Å². The van der Waals surface area contributed by atoms with Gasteiger partial charge in [0.2, 0.25) is 5.54 Å². The topological polar surface area (TPSA) is 184 Å². The molecule has 1 aliphatic rings. The Labute approximate surface area is 246 Å². The van der Waals surface area contributed by atoms with E-state index in [1.807, 2.05) is 5.92 Å². The molecule has 2 atom stereocenters. The molecule has 2 unspecified atom stereocenters. The van der Waals surface area contributed by atoms with Gasteiger partial charge < -0.3 is 43.4 Å². The second-order valence-corrected chi connectivity index (χ2v) is 9.27. The Bertz CT molecular complexity index is 868. The summed E-state index contributed by atoms with van der Waals surface area (Å²) in [5.74, 6) is -1.65. The Morgan fingerprint density at radius 1 is 0.714 bits per heavy atom. The van der Waals surface area contributed by atoms with Gasteiger partial charge >= 0.3 is 17.9 Å². The summed E-state index contributed by atoms with van der Waals surface area (Å²) in [6, 6.07) is 0. The van der Waals surface area contributed by atoms with Crippen molar-refractivity contribution in [1.29, 1.82) is 0 Å². The number of carbonyl (C=O) groups is 3. The standard InChI is InChI=1S/C27H45N3O12/c1-4-23(31)42-12-8-6-5-7-11-30-27(25(34)35,10-14-39-20-22-41-18-16-37-3)26(24(32)33,28-29-30)9-13-38-19-21-40-17-15-36-2/h1H,5-22H2,2-3H3,(H,32,33)(H,34,35). The van der Waals surface area contributed by atoms with E-state index in [1.165, 1.54) is 5.01 Å². The first-order valence-corrected chi connectivity index (χ1v) is 13.9. The predicted octanol–water partition coefficient (Wildman–Crippen LogP) is 1.19. The Morgan fingerprint density at radius 2 is 1.24 bits per heavy atom. The van der Waals surface area contributed by atoms with Crippen LogP contribution in [0, 0.1) is 12.3 Å². The number of esters is 1. The van der Waals surface area contributed by atoms with Crippen LogP contribution in [0.4, 0.5) is 0 Å². The first-order chi connectivity index (χ1) is 20.3. The Kier molecular flexibility index (Phi) is 19.3.